The Balaban J connectivity index is 1.22. The number of hydrogen-bond acceptors (Lipinski definition) is 4. The predicted molar refractivity (Wildman–Crippen MR) is 128 cm³/mol. The molecule has 0 spiro atoms. The molecular formula is C26H22N4O3. The molecule has 3 aromatic carbocycles. The van der Waals surface area contributed by atoms with Crippen molar-refractivity contribution in [2.45, 2.75) is 19.4 Å². The smallest absolute Gasteiger partial charge is 0.258 e. The van der Waals surface area contributed by atoms with Gasteiger partial charge in [0.05, 0.1) is 18.3 Å². The number of rotatable bonds is 5. The van der Waals surface area contributed by atoms with Gasteiger partial charge in [-0.15, -0.1) is 0 Å². The summed E-state index contributed by atoms with van der Waals surface area (Å²) in [5.74, 6) is -0.221. The minimum atomic E-state index is -0.174. The molecule has 2 heterocycles. The fourth-order valence-electron chi connectivity index (χ4n) is 4.17. The molecule has 7 nitrogen and oxygen atoms in total. The molecule has 0 fully saturated rings. The molecule has 4 aromatic rings. The molecule has 2 amide bonds. The Morgan fingerprint density at radius 1 is 0.939 bits per heavy atom. The molecule has 33 heavy (non-hydrogen) atoms. The van der Waals surface area contributed by atoms with Crippen LogP contribution in [0.15, 0.2) is 83.8 Å². The second kappa shape index (κ2) is 8.70. The van der Waals surface area contributed by atoms with Crippen LogP contribution in [0, 0.1) is 0 Å². The number of nitrogens with zero attached hydrogens (tertiary/aromatic N) is 3. The third kappa shape index (κ3) is 4.13. The maximum absolute atomic E-state index is 12.9. The Kier molecular flexibility index (Phi) is 5.44. The summed E-state index contributed by atoms with van der Waals surface area (Å²) in [5, 5.41) is 7.59. The van der Waals surface area contributed by atoms with Crippen LogP contribution in [-0.4, -0.2) is 28.1 Å². The van der Waals surface area contributed by atoms with Gasteiger partial charge < -0.3 is 10.2 Å². The van der Waals surface area contributed by atoms with Crippen LogP contribution in [0.25, 0.3) is 10.9 Å². The number of aryl methyl sites for hydroxylation is 1. The molecule has 0 aliphatic carbocycles. The first kappa shape index (κ1) is 20.6. The lowest BCUT2D eigenvalue weighted by Crippen LogP contribution is -2.28. The maximum atomic E-state index is 12.9. The first-order valence-corrected chi connectivity index (χ1v) is 10.8. The van der Waals surface area contributed by atoms with E-state index in [1.165, 1.54) is 11.8 Å². The molecule has 5 rings (SSSR count). The summed E-state index contributed by atoms with van der Waals surface area (Å²) in [6.07, 6.45) is 2.33. The van der Waals surface area contributed by atoms with Gasteiger partial charge in [-0.1, -0.05) is 30.3 Å². The number of carbonyl (C=O) groups excluding carboxylic acids is 2. The fourth-order valence-corrected chi connectivity index (χ4v) is 4.17. The van der Waals surface area contributed by atoms with Gasteiger partial charge in [-0.2, -0.15) is 5.10 Å². The van der Waals surface area contributed by atoms with E-state index in [-0.39, 0.29) is 23.7 Å². The molecule has 0 atom stereocenters. The third-order valence-electron chi connectivity index (χ3n) is 5.86. The highest BCUT2D eigenvalue weighted by Gasteiger charge is 2.25. The lowest BCUT2D eigenvalue weighted by atomic mass is 10.1. The second-order valence-electron chi connectivity index (χ2n) is 7.96. The number of hydrogen-bond donors (Lipinski definition) is 1. The number of anilines is 2. The Morgan fingerprint density at radius 2 is 1.70 bits per heavy atom. The third-order valence-corrected chi connectivity index (χ3v) is 5.86. The van der Waals surface area contributed by atoms with Crippen LogP contribution in [0.3, 0.4) is 0 Å². The maximum Gasteiger partial charge on any atom is 0.258 e. The van der Waals surface area contributed by atoms with Crippen molar-refractivity contribution in [1.29, 1.82) is 0 Å². The van der Waals surface area contributed by atoms with Gasteiger partial charge in [0.2, 0.25) is 11.3 Å². The molecule has 0 radical (unpaired) electrons. The Morgan fingerprint density at radius 3 is 2.55 bits per heavy atom. The lowest BCUT2D eigenvalue weighted by Gasteiger charge is -2.17. The van der Waals surface area contributed by atoms with Crippen LogP contribution in [0.4, 0.5) is 11.4 Å². The van der Waals surface area contributed by atoms with Crippen molar-refractivity contribution in [3.8, 4) is 0 Å². The second-order valence-corrected chi connectivity index (χ2v) is 7.96. The summed E-state index contributed by atoms with van der Waals surface area (Å²) in [5.41, 5.74) is 3.90. The number of aromatic nitrogens is 2. The van der Waals surface area contributed by atoms with Crippen molar-refractivity contribution in [2.24, 2.45) is 0 Å². The number of para-hydroxylation sites is 2. The summed E-state index contributed by atoms with van der Waals surface area (Å²) >= 11 is 0. The molecule has 1 aliphatic heterocycles. The first-order valence-electron chi connectivity index (χ1n) is 10.8. The monoisotopic (exact) mass is 438 g/mol. The van der Waals surface area contributed by atoms with Crippen molar-refractivity contribution in [3.63, 3.8) is 0 Å². The lowest BCUT2D eigenvalue weighted by molar-refractivity contribution is -0.116. The average molecular weight is 438 g/mol. The van der Waals surface area contributed by atoms with Crippen molar-refractivity contribution >= 4 is 34.1 Å². The summed E-state index contributed by atoms with van der Waals surface area (Å²) in [4.78, 5) is 39.1. The van der Waals surface area contributed by atoms with Gasteiger partial charge in [0.1, 0.15) is 0 Å². The van der Waals surface area contributed by atoms with Gasteiger partial charge in [0, 0.05) is 35.3 Å². The van der Waals surface area contributed by atoms with Gasteiger partial charge in [0.15, 0.2) is 0 Å². The molecule has 1 aromatic heterocycles. The zero-order valence-electron chi connectivity index (χ0n) is 17.9. The van der Waals surface area contributed by atoms with E-state index in [0.717, 1.165) is 12.1 Å². The summed E-state index contributed by atoms with van der Waals surface area (Å²) in [7, 11) is 0. The number of carbonyl (C=O) groups is 2. The molecule has 0 bridgehead atoms. The minimum Gasteiger partial charge on any atom is -0.326 e. The zero-order chi connectivity index (χ0) is 22.8. The Bertz CT molecular complexity index is 1410. The normalized spacial score (nSPS) is 12.5. The average Bonchev–Trinajstić information content (AvgIpc) is 3.28. The van der Waals surface area contributed by atoms with Crippen LogP contribution in [-0.2, 0) is 17.8 Å². The van der Waals surface area contributed by atoms with E-state index >= 15 is 0 Å². The Hall–Kier alpha value is -4.26. The van der Waals surface area contributed by atoms with E-state index in [0.29, 0.717) is 35.2 Å². The van der Waals surface area contributed by atoms with Gasteiger partial charge in [-0.05, 0) is 54.4 Å². The van der Waals surface area contributed by atoms with E-state index in [9.17, 15) is 14.4 Å². The largest absolute Gasteiger partial charge is 0.326 e. The standard InChI is InChI=1S/C26H22N4O3/c31-24-17-27-30(23-8-4-2-6-21(23)24)16-14-25(32)28-20-11-9-19(10-12-20)26(33)29-15-13-18-5-1-3-7-22(18)29/h1-12,17H,13-16H2,(H,28,32). The molecule has 7 heteroatoms. The summed E-state index contributed by atoms with van der Waals surface area (Å²) < 4.78 is 1.66. The number of benzene rings is 3. The molecule has 0 saturated heterocycles. The van der Waals surface area contributed by atoms with Gasteiger partial charge in [-0.3, -0.25) is 19.1 Å². The van der Waals surface area contributed by atoms with Crippen molar-refractivity contribution in [1.82, 2.24) is 9.78 Å². The van der Waals surface area contributed by atoms with Crippen molar-refractivity contribution in [2.75, 3.05) is 16.8 Å². The van der Waals surface area contributed by atoms with Crippen molar-refractivity contribution in [3.05, 3.63) is 100 Å². The Labute approximate surface area is 190 Å². The minimum absolute atomic E-state index is 0.0472. The molecule has 0 unspecified atom stereocenters. The number of fused-ring (bicyclic) bond motifs is 2. The number of nitrogens with one attached hydrogen (secondary N) is 1. The highest BCUT2D eigenvalue weighted by atomic mass is 16.2. The first-order chi connectivity index (χ1) is 16.1. The van der Waals surface area contributed by atoms with Gasteiger partial charge in [0.25, 0.3) is 5.91 Å². The molecule has 164 valence electrons. The molecule has 1 aliphatic rings. The molecule has 1 N–H and O–H groups in total. The van der Waals surface area contributed by atoms with Gasteiger partial charge >= 0.3 is 0 Å². The number of amides is 2. The highest BCUT2D eigenvalue weighted by Crippen LogP contribution is 2.29. The van der Waals surface area contributed by atoms with Crippen LogP contribution < -0.4 is 15.6 Å². The van der Waals surface area contributed by atoms with E-state index in [4.69, 9.17) is 0 Å². The highest BCUT2D eigenvalue weighted by molar-refractivity contribution is 6.07. The summed E-state index contributed by atoms with van der Waals surface area (Å²) in [6, 6.07) is 22.1. The van der Waals surface area contributed by atoms with Crippen molar-refractivity contribution < 1.29 is 9.59 Å². The van der Waals surface area contributed by atoms with E-state index in [1.807, 2.05) is 36.4 Å². The zero-order valence-corrected chi connectivity index (χ0v) is 17.9. The van der Waals surface area contributed by atoms with E-state index in [2.05, 4.69) is 10.4 Å². The van der Waals surface area contributed by atoms with Crippen LogP contribution in [0.2, 0.25) is 0 Å². The van der Waals surface area contributed by atoms with Crippen LogP contribution in [0.5, 0.6) is 0 Å². The fraction of sp³-hybridized carbons (Fsp3) is 0.154. The van der Waals surface area contributed by atoms with Crippen LogP contribution >= 0.6 is 0 Å². The molecule has 0 saturated carbocycles. The van der Waals surface area contributed by atoms with Crippen LogP contribution in [0.1, 0.15) is 22.3 Å². The SMILES string of the molecule is O=C(CCn1ncc(=O)c2ccccc21)Nc1ccc(C(=O)N2CCc3ccccc32)cc1. The van der Waals surface area contributed by atoms with E-state index in [1.54, 1.807) is 46.0 Å². The topological polar surface area (TPSA) is 84.3 Å². The summed E-state index contributed by atoms with van der Waals surface area (Å²) in [6.45, 7) is 1.02. The predicted octanol–water partition coefficient (Wildman–Crippen LogP) is 3.63. The van der Waals surface area contributed by atoms with E-state index < -0.39 is 0 Å². The van der Waals surface area contributed by atoms with Gasteiger partial charge in [-0.25, -0.2) is 0 Å². The quantitative estimate of drug-likeness (QED) is 0.516. The molecular weight excluding hydrogens is 416 g/mol.